The van der Waals surface area contributed by atoms with E-state index in [1.807, 2.05) is 25.6 Å². The molecule has 4 aliphatic carbocycles. The number of aliphatic hydroxyl groups excluding tert-OH is 1. The van der Waals surface area contributed by atoms with Crippen molar-refractivity contribution in [2.75, 3.05) is 5.75 Å². The third-order valence-corrected chi connectivity index (χ3v) is 16.7. The molecule has 0 amide bonds. The number of fused-ring (bicyclic) bond motifs is 5. The Labute approximate surface area is 232 Å². The highest BCUT2D eigenvalue weighted by Gasteiger charge is 2.58. The first-order valence-electron chi connectivity index (χ1n) is 14.7. The molecule has 1 unspecified atom stereocenters. The highest BCUT2D eigenvalue weighted by molar-refractivity contribution is 8.00. The second-order valence-electron chi connectivity index (χ2n) is 15.1. The minimum absolute atomic E-state index is 0.0318. The Morgan fingerprint density at radius 2 is 1.81 bits per heavy atom. The van der Waals surface area contributed by atoms with Crippen molar-refractivity contribution in [3.8, 4) is 0 Å². The molecule has 0 radical (unpaired) electrons. The highest BCUT2D eigenvalue weighted by atomic mass is 32.2. The summed E-state index contributed by atoms with van der Waals surface area (Å²) < 4.78 is 7.18. The van der Waals surface area contributed by atoms with Gasteiger partial charge in [0.1, 0.15) is 0 Å². The normalized spacial score (nSPS) is 37.1. The topological polar surface area (TPSA) is 49.7 Å². The van der Waals surface area contributed by atoms with Crippen LogP contribution in [-0.2, 0) is 4.43 Å². The molecule has 7 atom stereocenters. The van der Waals surface area contributed by atoms with Crippen LogP contribution in [0.1, 0.15) is 93.9 Å². The Bertz CT molecular complexity index is 967. The lowest BCUT2D eigenvalue weighted by molar-refractivity contribution is -0.0417. The molecule has 0 heterocycles. The SMILES string of the molecule is CC(SCCC(C)(C)O)C1=CC[C@H]2C3=CC=C4C[C@@H](O)C[C@H](O[Si](C)(C)C(C)(C)C)[C@]4(C)[C@H]3CC[C@]12C. The van der Waals surface area contributed by atoms with Gasteiger partial charge in [-0.25, -0.2) is 0 Å². The van der Waals surface area contributed by atoms with Gasteiger partial charge in [0, 0.05) is 10.7 Å². The predicted octanol–water partition coefficient (Wildman–Crippen LogP) is 8.05. The lowest BCUT2D eigenvalue weighted by atomic mass is 9.49. The zero-order chi connectivity index (χ0) is 27.6. The van der Waals surface area contributed by atoms with Crippen molar-refractivity contribution in [2.24, 2.45) is 22.7 Å². The van der Waals surface area contributed by atoms with Crippen molar-refractivity contribution < 1.29 is 14.6 Å². The second kappa shape index (κ2) is 9.94. The zero-order valence-electron chi connectivity index (χ0n) is 25.3. The summed E-state index contributed by atoms with van der Waals surface area (Å²) in [5.41, 5.74) is 4.27. The quantitative estimate of drug-likeness (QED) is 0.250. The van der Waals surface area contributed by atoms with E-state index in [0.717, 1.165) is 31.4 Å². The molecule has 3 nitrogen and oxygen atoms in total. The van der Waals surface area contributed by atoms with Crippen molar-refractivity contribution in [3.63, 3.8) is 0 Å². The fraction of sp³-hybridized carbons (Fsp3) is 0.812. The molecular formula is C32H54O3SSi. The van der Waals surface area contributed by atoms with E-state index in [4.69, 9.17) is 4.43 Å². The number of rotatable bonds is 7. The van der Waals surface area contributed by atoms with Crippen LogP contribution in [0.25, 0.3) is 0 Å². The number of aliphatic hydroxyl groups is 2. The minimum Gasteiger partial charge on any atom is -0.413 e. The second-order valence-corrected chi connectivity index (χ2v) is 21.3. The largest absolute Gasteiger partial charge is 0.413 e. The summed E-state index contributed by atoms with van der Waals surface area (Å²) in [5, 5.41) is 21.7. The fourth-order valence-electron chi connectivity index (χ4n) is 7.55. The van der Waals surface area contributed by atoms with E-state index in [0.29, 0.717) is 17.1 Å². The highest BCUT2D eigenvalue weighted by Crippen LogP contribution is 2.65. The number of hydrogen-bond acceptors (Lipinski definition) is 4. The summed E-state index contributed by atoms with van der Waals surface area (Å²) in [6.07, 6.45) is 13.1. The van der Waals surface area contributed by atoms with Gasteiger partial charge < -0.3 is 14.6 Å². The van der Waals surface area contributed by atoms with E-state index in [1.165, 1.54) is 18.4 Å². The molecule has 4 rings (SSSR count). The molecule has 0 saturated heterocycles. The summed E-state index contributed by atoms with van der Waals surface area (Å²) in [6.45, 7) is 22.9. The maximum absolute atomic E-state index is 10.9. The Balaban J connectivity index is 1.59. The molecule has 210 valence electrons. The number of hydrogen-bond donors (Lipinski definition) is 2. The fourth-order valence-corrected chi connectivity index (χ4v) is 10.5. The van der Waals surface area contributed by atoms with Gasteiger partial charge >= 0.3 is 0 Å². The lowest BCUT2D eigenvalue weighted by Gasteiger charge is -2.58. The first kappa shape index (κ1) is 29.6. The maximum atomic E-state index is 10.9. The van der Waals surface area contributed by atoms with Gasteiger partial charge in [0.25, 0.3) is 0 Å². The monoisotopic (exact) mass is 546 g/mol. The number of thioether (sulfide) groups is 1. The molecule has 0 spiro atoms. The van der Waals surface area contributed by atoms with Crippen LogP contribution in [0.5, 0.6) is 0 Å². The first-order chi connectivity index (χ1) is 16.9. The van der Waals surface area contributed by atoms with E-state index in [2.05, 4.69) is 72.9 Å². The van der Waals surface area contributed by atoms with Gasteiger partial charge in [0.2, 0.25) is 0 Å². The van der Waals surface area contributed by atoms with Crippen molar-refractivity contribution in [2.45, 2.75) is 135 Å². The number of allylic oxidation sites excluding steroid dienone is 4. The average Bonchev–Trinajstić information content (AvgIpc) is 3.10. The van der Waals surface area contributed by atoms with Gasteiger partial charge in [0.05, 0.1) is 17.8 Å². The standard InChI is InChI=1S/C32H54O3SSi/c1-21(36-18-17-30(5,6)34)25-13-14-26-24-12-11-22-19-23(33)20-28(35-37(9,10)29(2,3)4)32(22,8)27(24)15-16-31(25,26)7/h11-13,21,23,26-28,33-34H,14-20H2,1-10H3/t21?,23-,26+,27+,28+,31-,32+/m1/s1. The molecule has 0 aliphatic heterocycles. The summed E-state index contributed by atoms with van der Waals surface area (Å²) in [6, 6.07) is 0. The van der Waals surface area contributed by atoms with Gasteiger partial charge in [-0.2, -0.15) is 11.8 Å². The molecule has 0 aromatic carbocycles. The molecule has 4 aliphatic rings. The molecule has 0 bridgehead atoms. The molecule has 2 fully saturated rings. The van der Waals surface area contributed by atoms with E-state index < -0.39 is 13.9 Å². The van der Waals surface area contributed by atoms with Gasteiger partial charge in [0.15, 0.2) is 8.32 Å². The van der Waals surface area contributed by atoms with Crippen LogP contribution >= 0.6 is 11.8 Å². The molecule has 5 heteroatoms. The van der Waals surface area contributed by atoms with Crippen molar-refractivity contribution in [1.29, 1.82) is 0 Å². The summed E-state index contributed by atoms with van der Waals surface area (Å²) in [5.74, 6) is 2.06. The Kier molecular flexibility index (Phi) is 7.96. The average molecular weight is 547 g/mol. The van der Waals surface area contributed by atoms with Gasteiger partial charge in [-0.3, -0.25) is 0 Å². The van der Waals surface area contributed by atoms with E-state index in [1.54, 1.807) is 11.1 Å². The molecule has 37 heavy (non-hydrogen) atoms. The summed E-state index contributed by atoms with van der Waals surface area (Å²) >= 11 is 2.01. The third kappa shape index (κ3) is 5.38. The van der Waals surface area contributed by atoms with Gasteiger partial charge in [-0.05, 0) is 100 Å². The molecule has 2 N–H and O–H groups in total. The zero-order valence-corrected chi connectivity index (χ0v) is 27.1. The van der Waals surface area contributed by atoms with E-state index in [-0.39, 0.29) is 28.1 Å². The maximum Gasteiger partial charge on any atom is 0.192 e. The van der Waals surface area contributed by atoms with Crippen LogP contribution in [0.4, 0.5) is 0 Å². The lowest BCUT2D eigenvalue weighted by Crippen LogP contribution is -2.57. The molecule has 0 aromatic heterocycles. The summed E-state index contributed by atoms with van der Waals surface area (Å²) in [4.78, 5) is 0. The van der Waals surface area contributed by atoms with Crippen LogP contribution in [0.2, 0.25) is 18.1 Å². The Morgan fingerprint density at radius 1 is 1.14 bits per heavy atom. The molecule has 0 aromatic rings. The third-order valence-electron chi connectivity index (χ3n) is 11.0. The van der Waals surface area contributed by atoms with Crippen molar-refractivity contribution in [1.82, 2.24) is 0 Å². The Hall–Kier alpha value is -0.333. The van der Waals surface area contributed by atoms with E-state index >= 15 is 0 Å². The first-order valence-corrected chi connectivity index (χ1v) is 18.7. The van der Waals surface area contributed by atoms with Crippen LogP contribution in [-0.4, -0.2) is 47.3 Å². The smallest absolute Gasteiger partial charge is 0.192 e. The minimum atomic E-state index is -1.98. The Morgan fingerprint density at radius 3 is 2.43 bits per heavy atom. The van der Waals surface area contributed by atoms with Crippen LogP contribution in [0.3, 0.4) is 0 Å². The predicted molar refractivity (Wildman–Crippen MR) is 161 cm³/mol. The van der Waals surface area contributed by atoms with Gasteiger partial charge in [-0.15, -0.1) is 0 Å². The van der Waals surface area contributed by atoms with E-state index in [9.17, 15) is 10.2 Å². The van der Waals surface area contributed by atoms with Crippen molar-refractivity contribution in [3.05, 3.63) is 34.9 Å². The van der Waals surface area contributed by atoms with Crippen LogP contribution in [0, 0.1) is 22.7 Å². The molecular weight excluding hydrogens is 493 g/mol. The summed E-state index contributed by atoms with van der Waals surface area (Å²) in [7, 11) is -1.98. The van der Waals surface area contributed by atoms with Crippen molar-refractivity contribution >= 4 is 20.1 Å². The molecule has 2 saturated carbocycles. The van der Waals surface area contributed by atoms with Crippen LogP contribution < -0.4 is 0 Å². The van der Waals surface area contributed by atoms with Crippen LogP contribution in [0.15, 0.2) is 34.9 Å². The van der Waals surface area contributed by atoms with Gasteiger partial charge in [-0.1, -0.05) is 69.6 Å².